The molecule has 0 amide bonds. The topological polar surface area (TPSA) is 38.4 Å². The molecule has 0 saturated heterocycles. The average molecular weight is 423 g/mol. The lowest BCUT2D eigenvalue weighted by Gasteiger charge is -2.07. The minimum Gasteiger partial charge on any atom is -0.437 e. The maximum Gasteiger partial charge on any atom is 0.227 e. The van der Waals surface area contributed by atoms with E-state index >= 15 is 0 Å². The fourth-order valence-corrected chi connectivity index (χ4v) is 4.04. The van der Waals surface area contributed by atoms with Gasteiger partial charge in [-0.05, 0) is 61.1 Å². The average Bonchev–Trinajstić information content (AvgIpc) is 3.14. The van der Waals surface area contributed by atoms with Gasteiger partial charge < -0.3 is 4.42 Å². The van der Waals surface area contributed by atoms with E-state index in [0.717, 1.165) is 44.3 Å². The number of aliphatic imine (C=N–C) groups is 1. The van der Waals surface area contributed by atoms with E-state index < -0.39 is 0 Å². The Labute approximate surface area is 190 Å². The van der Waals surface area contributed by atoms with Crippen LogP contribution in [0.25, 0.3) is 33.2 Å². The Hall–Kier alpha value is -3.46. The van der Waals surface area contributed by atoms with Crippen molar-refractivity contribution < 1.29 is 4.42 Å². The third-order valence-corrected chi connectivity index (χ3v) is 5.89. The molecule has 2 aromatic carbocycles. The Kier molecular flexibility index (Phi) is 6.09. The summed E-state index contributed by atoms with van der Waals surface area (Å²) in [5, 5.41) is 2.17. The number of fused-ring (bicyclic) bond motifs is 3. The van der Waals surface area contributed by atoms with Gasteiger partial charge in [-0.25, -0.2) is 4.98 Å². The van der Waals surface area contributed by atoms with Gasteiger partial charge in [0.15, 0.2) is 0 Å². The molecule has 3 nitrogen and oxygen atoms in total. The largest absolute Gasteiger partial charge is 0.437 e. The third kappa shape index (κ3) is 4.16. The highest BCUT2D eigenvalue weighted by atomic mass is 16.3. The third-order valence-electron chi connectivity index (χ3n) is 5.89. The van der Waals surface area contributed by atoms with Crippen molar-refractivity contribution in [2.45, 2.75) is 40.5 Å². The molecule has 4 rings (SSSR count). The zero-order valence-corrected chi connectivity index (χ0v) is 19.7. The van der Waals surface area contributed by atoms with Crippen molar-refractivity contribution in [3.05, 3.63) is 88.6 Å². The predicted molar refractivity (Wildman–Crippen MR) is 138 cm³/mol. The Bertz CT molecular complexity index is 1370. The lowest BCUT2D eigenvalue weighted by atomic mass is 9.97. The van der Waals surface area contributed by atoms with Gasteiger partial charge in [-0.15, -0.1) is 0 Å². The molecule has 0 unspecified atom stereocenters. The molecule has 0 saturated carbocycles. The fraction of sp³-hybridized carbons (Fsp3) is 0.241. The summed E-state index contributed by atoms with van der Waals surface area (Å²) in [6, 6.07) is 17.1. The summed E-state index contributed by atoms with van der Waals surface area (Å²) >= 11 is 0. The van der Waals surface area contributed by atoms with Crippen LogP contribution in [0.5, 0.6) is 0 Å². The van der Waals surface area contributed by atoms with Crippen LogP contribution in [0.15, 0.2) is 70.1 Å². The first kappa shape index (κ1) is 21.8. The quantitative estimate of drug-likeness (QED) is 0.242. The number of aryl methyl sites for hydroxylation is 2. The van der Waals surface area contributed by atoms with E-state index in [2.05, 4.69) is 100 Å². The second kappa shape index (κ2) is 8.96. The molecule has 2 heterocycles. The highest BCUT2D eigenvalue weighted by molar-refractivity contribution is 6.11. The van der Waals surface area contributed by atoms with Crippen LogP contribution in [0.1, 0.15) is 54.6 Å². The number of allylic oxidation sites excluding steroid dienone is 4. The van der Waals surface area contributed by atoms with Crippen molar-refractivity contribution in [1.82, 2.24) is 4.98 Å². The van der Waals surface area contributed by atoms with Crippen LogP contribution >= 0.6 is 0 Å². The summed E-state index contributed by atoms with van der Waals surface area (Å²) in [6.07, 6.45) is 6.18. The maximum absolute atomic E-state index is 6.33. The maximum atomic E-state index is 6.33. The highest BCUT2D eigenvalue weighted by Crippen LogP contribution is 2.35. The number of rotatable bonds is 5. The summed E-state index contributed by atoms with van der Waals surface area (Å²) in [5.41, 5.74) is 9.57. The molecular weight excluding hydrogens is 392 g/mol. The summed E-state index contributed by atoms with van der Waals surface area (Å²) in [7, 11) is 1.80. The summed E-state index contributed by atoms with van der Waals surface area (Å²) in [4.78, 5) is 9.03. The molecule has 0 spiro atoms. The van der Waals surface area contributed by atoms with E-state index in [1.54, 1.807) is 7.05 Å². The summed E-state index contributed by atoms with van der Waals surface area (Å²) in [5.74, 6) is 0.362. The van der Waals surface area contributed by atoms with Crippen LogP contribution in [0, 0.1) is 13.8 Å². The van der Waals surface area contributed by atoms with E-state index in [1.807, 2.05) is 6.21 Å². The molecule has 162 valence electrons. The Morgan fingerprint density at radius 3 is 2.34 bits per heavy atom. The van der Waals surface area contributed by atoms with Crippen LogP contribution in [-0.4, -0.2) is 18.2 Å². The Balaban J connectivity index is 1.84. The second-order valence-corrected chi connectivity index (χ2v) is 8.70. The molecular formula is C29H30N2O. The van der Waals surface area contributed by atoms with Crippen molar-refractivity contribution in [1.29, 1.82) is 0 Å². The van der Waals surface area contributed by atoms with Crippen LogP contribution in [0.4, 0.5) is 0 Å². The van der Waals surface area contributed by atoms with E-state index in [0.29, 0.717) is 11.6 Å². The minimum absolute atomic E-state index is 0.362. The standard InChI is InChI=1S/C29H30N2O/c1-18(2)26-16-15-25-24-14-10-21(5)27(28(24)32-29(25)31-26)20(4)9-13-23(17-30-6)22-11-7-19(3)8-12-22/h7-18H,1-6H3/b20-9+,23-13+,30-17+. The van der Waals surface area contributed by atoms with Gasteiger partial charge in [-0.3, -0.25) is 4.99 Å². The molecule has 0 radical (unpaired) electrons. The first-order valence-corrected chi connectivity index (χ1v) is 11.1. The van der Waals surface area contributed by atoms with Crippen LogP contribution in [0.3, 0.4) is 0 Å². The minimum atomic E-state index is 0.362. The fourth-order valence-electron chi connectivity index (χ4n) is 4.04. The van der Waals surface area contributed by atoms with Gasteiger partial charge >= 0.3 is 0 Å². The van der Waals surface area contributed by atoms with Gasteiger partial charge in [0, 0.05) is 35.3 Å². The number of hydrogen-bond donors (Lipinski definition) is 0. The molecule has 0 atom stereocenters. The number of hydrogen-bond acceptors (Lipinski definition) is 3. The van der Waals surface area contributed by atoms with Crippen molar-refractivity contribution >= 4 is 39.4 Å². The molecule has 32 heavy (non-hydrogen) atoms. The molecule has 0 bridgehead atoms. The van der Waals surface area contributed by atoms with Gasteiger partial charge in [-0.1, -0.05) is 68.0 Å². The van der Waals surface area contributed by atoms with Crippen LogP contribution < -0.4 is 0 Å². The van der Waals surface area contributed by atoms with Crippen molar-refractivity contribution in [3.63, 3.8) is 0 Å². The number of furan rings is 1. The SMILES string of the molecule is C/N=C/C(=C\C=C(/C)c1c(C)ccc2c1oc1nc(C(C)C)ccc12)c1ccc(C)cc1. The van der Waals surface area contributed by atoms with Crippen molar-refractivity contribution in [2.75, 3.05) is 7.05 Å². The van der Waals surface area contributed by atoms with Crippen molar-refractivity contribution in [3.8, 4) is 0 Å². The Morgan fingerprint density at radius 2 is 1.66 bits per heavy atom. The van der Waals surface area contributed by atoms with E-state index in [1.165, 1.54) is 11.1 Å². The lowest BCUT2D eigenvalue weighted by molar-refractivity contribution is 0.646. The van der Waals surface area contributed by atoms with Gasteiger partial charge in [0.1, 0.15) is 5.58 Å². The Morgan fingerprint density at radius 1 is 0.938 bits per heavy atom. The van der Waals surface area contributed by atoms with E-state index in [-0.39, 0.29) is 0 Å². The molecule has 0 aliphatic carbocycles. The van der Waals surface area contributed by atoms with Gasteiger partial charge in [0.2, 0.25) is 5.71 Å². The van der Waals surface area contributed by atoms with Crippen LogP contribution in [0.2, 0.25) is 0 Å². The van der Waals surface area contributed by atoms with Crippen LogP contribution in [-0.2, 0) is 0 Å². The second-order valence-electron chi connectivity index (χ2n) is 8.70. The number of nitrogens with zero attached hydrogens (tertiary/aromatic N) is 2. The number of benzene rings is 2. The first-order chi connectivity index (χ1) is 15.4. The highest BCUT2D eigenvalue weighted by Gasteiger charge is 2.16. The zero-order chi connectivity index (χ0) is 22.8. The molecule has 0 aliphatic heterocycles. The molecule has 4 aromatic rings. The normalized spacial score (nSPS) is 13.2. The smallest absolute Gasteiger partial charge is 0.227 e. The van der Waals surface area contributed by atoms with Gasteiger partial charge in [-0.2, -0.15) is 0 Å². The number of aromatic nitrogens is 1. The summed E-state index contributed by atoms with van der Waals surface area (Å²) in [6.45, 7) is 10.7. The number of pyridine rings is 1. The first-order valence-electron chi connectivity index (χ1n) is 11.1. The molecule has 0 N–H and O–H groups in total. The van der Waals surface area contributed by atoms with E-state index in [9.17, 15) is 0 Å². The van der Waals surface area contributed by atoms with Gasteiger partial charge in [0.05, 0.1) is 0 Å². The van der Waals surface area contributed by atoms with Crippen molar-refractivity contribution in [2.24, 2.45) is 4.99 Å². The monoisotopic (exact) mass is 422 g/mol. The molecule has 0 fully saturated rings. The molecule has 0 aliphatic rings. The predicted octanol–water partition coefficient (Wildman–Crippen LogP) is 7.91. The summed E-state index contributed by atoms with van der Waals surface area (Å²) < 4.78 is 6.33. The zero-order valence-electron chi connectivity index (χ0n) is 19.7. The molecule has 3 heteroatoms. The van der Waals surface area contributed by atoms with Gasteiger partial charge in [0.25, 0.3) is 0 Å². The van der Waals surface area contributed by atoms with E-state index in [4.69, 9.17) is 9.40 Å². The molecule has 2 aromatic heterocycles. The lowest BCUT2D eigenvalue weighted by Crippen LogP contribution is -1.90.